The molecule has 0 spiro atoms. The monoisotopic (exact) mass is 390 g/mol. The first-order valence-electron chi connectivity index (χ1n) is 9.91. The number of carbonyl (C=O) groups is 2. The Bertz CT molecular complexity index is 693. The van der Waals surface area contributed by atoms with E-state index in [4.69, 9.17) is 9.84 Å². The largest absolute Gasteiger partial charge is 0.495 e. The summed E-state index contributed by atoms with van der Waals surface area (Å²) in [6.45, 7) is 4.35. The van der Waals surface area contributed by atoms with E-state index in [0.717, 1.165) is 43.8 Å². The van der Waals surface area contributed by atoms with Crippen LogP contribution in [0.5, 0.6) is 5.75 Å². The van der Waals surface area contributed by atoms with Crippen molar-refractivity contribution in [1.29, 1.82) is 0 Å². The number of carboxylic acid groups (broad SMARTS) is 1. The smallest absolute Gasteiger partial charge is 0.317 e. The zero-order valence-electron chi connectivity index (χ0n) is 16.6. The highest BCUT2D eigenvalue weighted by molar-refractivity contribution is 5.75. The van der Waals surface area contributed by atoms with Gasteiger partial charge in [0.2, 0.25) is 0 Å². The lowest BCUT2D eigenvalue weighted by Crippen LogP contribution is -2.57. The average molecular weight is 390 g/mol. The minimum atomic E-state index is -0.808. The van der Waals surface area contributed by atoms with Gasteiger partial charge in [0.15, 0.2) is 0 Å². The third-order valence-electron chi connectivity index (χ3n) is 5.66. The van der Waals surface area contributed by atoms with Gasteiger partial charge < -0.3 is 25.4 Å². The summed E-state index contributed by atoms with van der Waals surface area (Å²) in [5.41, 5.74) is 1.05. The lowest BCUT2D eigenvalue weighted by Gasteiger charge is -2.42. The van der Waals surface area contributed by atoms with Crippen LogP contribution in [0.25, 0.3) is 0 Å². The molecule has 1 saturated carbocycles. The van der Waals surface area contributed by atoms with Crippen LogP contribution >= 0.6 is 0 Å². The van der Waals surface area contributed by atoms with E-state index in [1.165, 1.54) is 0 Å². The third kappa shape index (κ3) is 4.86. The van der Waals surface area contributed by atoms with Crippen LogP contribution in [0.4, 0.5) is 10.5 Å². The molecule has 2 fully saturated rings. The van der Waals surface area contributed by atoms with E-state index in [2.05, 4.69) is 15.5 Å². The fraction of sp³-hybridized carbons (Fsp3) is 0.600. The average Bonchev–Trinajstić information content (AvgIpc) is 3.10. The van der Waals surface area contributed by atoms with Gasteiger partial charge in [0.25, 0.3) is 0 Å². The van der Waals surface area contributed by atoms with Gasteiger partial charge in [0.1, 0.15) is 5.75 Å². The van der Waals surface area contributed by atoms with Gasteiger partial charge in [-0.3, -0.25) is 9.69 Å². The molecule has 1 aliphatic heterocycles. The van der Waals surface area contributed by atoms with Crippen molar-refractivity contribution in [3.63, 3.8) is 0 Å². The molecule has 1 heterocycles. The van der Waals surface area contributed by atoms with Crippen molar-refractivity contribution in [3.8, 4) is 5.75 Å². The van der Waals surface area contributed by atoms with E-state index in [1.54, 1.807) is 7.11 Å². The molecular formula is C20H30N4O4. The van der Waals surface area contributed by atoms with Gasteiger partial charge in [0.05, 0.1) is 19.3 Å². The number of urea groups is 1. The molecule has 1 aromatic carbocycles. The van der Waals surface area contributed by atoms with Crippen LogP contribution in [0.1, 0.15) is 26.2 Å². The molecule has 0 bridgehead atoms. The quantitative estimate of drug-likeness (QED) is 0.623. The van der Waals surface area contributed by atoms with Crippen molar-refractivity contribution < 1.29 is 19.4 Å². The Hall–Kier alpha value is -2.48. The number of amides is 2. The maximum absolute atomic E-state index is 12.3. The summed E-state index contributed by atoms with van der Waals surface area (Å²) in [4.78, 5) is 27.4. The van der Waals surface area contributed by atoms with Crippen LogP contribution in [0.15, 0.2) is 24.3 Å². The van der Waals surface area contributed by atoms with Gasteiger partial charge in [-0.25, -0.2) is 4.79 Å². The first-order valence-corrected chi connectivity index (χ1v) is 9.91. The fourth-order valence-electron chi connectivity index (χ4n) is 4.08. The Morgan fingerprint density at radius 1 is 1.25 bits per heavy atom. The van der Waals surface area contributed by atoms with Crippen molar-refractivity contribution in [2.75, 3.05) is 38.2 Å². The van der Waals surface area contributed by atoms with Crippen LogP contribution in [0, 0.1) is 0 Å². The van der Waals surface area contributed by atoms with Gasteiger partial charge in [-0.1, -0.05) is 19.1 Å². The van der Waals surface area contributed by atoms with E-state index in [1.807, 2.05) is 36.1 Å². The Labute approximate surface area is 165 Å². The van der Waals surface area contributed by atoms with Gasteiger partial charge in [-0.05, 0) is 37.9 Å². The molecule has 1 aromatic rings. The molecule has 8 nitrogen and oxygen atoms in total. The maximum Gasteiger partial charge on any atom is 0.317 e. The Morgan fingerprint density at radius 2 is 1.96 bits per heavy atom. The minimum Gasteiger partial charge on any atom is -0.495 e. The molecule has 2 amide bonds. The predicted octanol–water partition coefficient (Wildman–Crippen LogP) is 1.51. The molecule has 1 unspecified atom stereocenters. The first kappa shape index (κ1) is 20.3. The summed E-state index contributed by atoms with van der Waals surface area (Å²) in [6, 6.07) is 8.22. The molecule has 3 rings (SSSR count). The number of hydrogen-bond donors (Lipinski definition) is 3. The van der Waals surface area contributed by atoms with E-state index < -0.39 is 5.97 Å². The van der Waals surface area contributed by atoms with Crippen molar-refractivity contribution in [1.82, 2.24) is 15.5 Å². The highest BCUT2D eigenvalue weighted by atomic mass is 16.5. The van der Waals surface area contributed by atoms with E-state index >= 15 is 0 Å². The molecule has 3 N–H and O–H groups in total. The topological polar surface area (TPSA) is 94.1 Å². The van der Waals surface area contributed by atoms with Gasteiger partial charge in [0, 0.05) is 31.2 Å². The van der Waals surface area contributed by atoms with Crippen LogP contribution in [0.3, 0.4) is 0 Å². The van der Waals surface area contributed by atoms with Crippen molar-refractivity contribution in [2.45, 2.75) is 44.3 Å². The van der Waals surface area contributed by atoms with E-state index in [-0.39, 0.29) is 30.7 Å². The Kier molecular flexibility index (Phi) is 6.61. The van der Waals surface area contributed by atoms with Crippen molar-refractivity contribution in [2.24, 2.45) is 0 Å². The van der Waals surface area contributed by atoms with Gasteiger partial charge >= 0.3 is 12.0 Å². The highest BCUT2D eigenvalue weighted by Gasteiger charge is 2.35. The number of anilines is 1. The second kappa shape index (κ2) is 9.14. The minimum absolute atomic E-state index is 0.0565. The van der Waals surface area contributed by atoms with Crippen LogP contribution in [0.2, 0.25) is 0 Å². The van der Waals surface area contributed by atoms with Crippen LogP contribution in [-0.4, -0.2) is 73.4 Å². The number of ether oxygens (including phenoxy) is 1. The maximum atomic E-state index is 12.3. The number of methoxy groups -OCH3 is 1. The predicted molar refractivity (Wildman–Crippen MR) is 107 cm³/mol. The van der Waals surface area contributed by atoms with E-state index in [0.29, 0.717) is 6.54 Å². The summed E-state index contributed by atoms with van der Waals surface area (Å²) in [5, 5.41) is 15.0. The number of para-hydroxylation sites is 2. The zero-order valence-corrected chi connectivity index (χ0v) is 16.6. The molecule has 0 aromatic heterocycles. The van der Waals surface area contributed by atoms with Gasteiger partial charge in [-0.15, -0.1) is 0 Å². The molecule has 1 aliphatic carbocycles. The van der Waals surface area contributed by atoms with Crippen molar-refractivity contribution >= 4 is 17.7 Å². The fourth-order valence-corrected chi connectivity index (χ4v) is 4.08. The number of aliphatic carboxylic acids is 1. The lowest BCUT2D eigenvalue weighted by atomic mass is 9.85. The van der Waals surface area contributed by atoms with Gasteiger partial charge in [-0.2, -0.15) is 0 Å². The normalized spacial score (nSPS) is 24.0. The van der Waals surface area contributed by atoms with E-state index in [9.17, 15) is 9.59 Å². The summed E-state index contributed by atoms with van der Waals surface area (Å²) in [7, 11) is 1.67. The molecule has 1 saturated heterocycles. The molecule has 1 atom stereocenters. The zero-order chi connectivity index (χ0) is 20.1. The molecule has 0 radical (unpaired) electrons. The Balaban J connectivity index is 1.41. The summed E-state index contributed by atoms with van der Waals surface area (Å²) >= 11 is 0. The number of benzene rings is 1. The number of carboxylic acids is 1. The lowest BCUT2D eigenvalue weighted by molar-refractivity contribution is -0.139. The third-order valence-corrected chi connectivity index (χ3v) is 5.66. The summed E-state index contributed by atoms with van der Waals surface area (Å²) in [5.74, 6) is 0.0341. The Morgan fingerprint density at radius 3 is 2.64 bits per heavy atom. The second-order valence-corrected chi connectivity index (χ2v) is 7.50. The number of carbonyl (C=O) groups excluding carboxylic acids is 1. The standard InChI is InChI=1S/C20H30N4O4/c1-3-23(13-19(25)26)16-10-15(11-16)22-20(27)21-14-8-9-24(12-14)17-6-4-5-7-18(17)28-2/h4-7,14-16H,3,8-13H2,1-2H3,(H,25,26)(H2,21,22,27). The molecule has 28 heavy (non-hydrogen) atoms. The second-order valence-electron chi connectivity index (χ2n) is 7.50. The van der Waals surface area contributed by atoms with Crippen molar-refractivity contribution in [3.05, 3.63) is 24.3 Å². The number of rotatable bonds is 8. The highest BCUT2D eigenvalue weighted by Crippen LogP contribution is 2.30. The first-order chi connectivity index (χ1) is 13.5. The van der Waals surface area contributed by atoms with Crippen LogP contribution < -0.4 is 20.3 Å². The molecular weight excluding hydrogens is 360 g/mol. The van der Waals surface area contributed by atoms with Crippen LogP contribution in [-0.2, 0) is 4.79 Å². The summed E-state index contributed by atoms with van der Waals surface area (Å²) < 4.78 is 5.43. The molecule has 8 heteroatoms. The number of likely N-dealkylation sites (N-methyl/N-ethyl adjacent to an activating group) is 1. The summed E-state index contributed by atoms with van der Waals surface area (Å²) in [6.07, 6.45) is 2.49. The molecule has 154 valence electrons. The SMILES string of the molecule is CCN(CC(=O)O)C1CC(NC(=O)NC2CCN(c3ccccc3OC)C2)C1. The number of hydrogen-bond acceptors (Lipinski definition) is 5. The molecule has 2 aliphatic rings. The number of nitrogens with zero attached hydrogens (tertiary/aromatic N) is 2. The number of nitrogens with one attached hydrogen (secondary N) is 2.